The highest BCUT2D eigenvalue weighted by atomic mass is 32.1. The molecule has 0 unspecified atom stereocenters. The maximum atomic E-state index is 12.6. The summed E-state index contributed by atoms with van der Waals surface area (Å²) in [6.45, 7) is 1.50. The van der Waals surface area contributed by atoms with Crippen LogP contribution in [-0.4, -0.2) is 15.3 Å². The molecule has 104 valence electrons. The minimum absolute atomic E-state index is 0.0161. The van der Waals surface area contributed by atoms with Gasteiger partial charge in [0.15, 0.2) is 10.6 Å². The Morgan fingerprint density at radius 3 is 2.43 bits per heavy atom. The molecule has 0 radical (unpaired) electrons. The fraction of sp³-hybridized carbons (Fsp3) is 0.0625. The first-order chi connectivity index (χ1) is 10.1. The van der Waals surface area contributed by atoms with Crippen molar-refractivity contribution < 1.29 is 4.79 Å². The van der Waals surface area contributed by atoms with Gasteiger partial charge >= 0.3 is 0 Å². The Morgan fingerprint density at radius 2 is 1.76 bits per heavy atom. The van der Waals surface area contributed by atoms with E-state index in [-0.39, 0.29) is 11.3 Å². The minimum Gasteiger partial charge on any atom is -0.331 e. The number of nitrogens with one attached hydrogen (secondary N) is 1. The van der Waals surface area contributed by atoms with Crippen LogP contribution in [0, 0.1) is 4.77 Å². The third-order valence-corrected chi connectivity index (χ3v) is 3.62. The van der Waals surface area contributed by atoms with Gasteiger partial charge in [-0.15, -0.1) is 0 Å². The molecule has 0 aliphatic carbocycles. The summed E-state index contributed by atoms with van der Waals surface area (Å²) in [4.78, 5) is 26.9. The van der Waals surface area contributed by atoms with Crippen LogP contribution in [0.2, 0.25) is 0 Å². The van der Waals surface area contributed by atoms with Crippen molar-refractivity contribution in [2.75, 3.05) is 0 Å². The van der Waals surface area contributed by atoms with Crippen molar-refractivity contribution in [1.29, 1.82) is 0 Å². The quantitative estimate of drug-likeness (QED) is 0.583. The van der Waals surface area contributed by atoms with Crippen LogP contribution in [0.3, 0.4) is 0 Å². The highest BCUT2D eigenvalue weighted by molar-refractivity contribution is 7.71. The van der Waals surface area contributed by atoms with E-state index in [1.165, 1.54) is 11.5 Å². The number of hydrogen-bond acceptors (Lipinski definition) is 3. The molecule has 3 rings (SSSR count). The van der Waals surface area contributed by atoms with Crippen molar-refractivity contribution in [3.63, 3.8) is 0 Å². The van der Waals surface area contributed by atoms with Crippen LogP contribution in [0.25, 0.3) is 16.6 Å². The first kappa shape index (κ1) is 13.5. The van der Waals surface area contributed by atoms with Gasteiger partial charge in [-0.25, -0.2) is 0 Å². The van der Waals surface area contributed by atoms with E-state index in [1.807, 2.05) is 18.2 Å². The summed E-state index contributed by atoms with van der Waals surface area (Å²) < 4.78 is 1.76. The highest BCUT2D eigenvalue weighted by Gasteiger charge is 2.07. The molecular weight excluding hydrogens is 284 g/mol. The number of nitrogens with zero attached hydrogens (tertiary/aromatic N) is 1. The lowest BCUT2D eigenvalue weighted by Crippen LogP contribution is -2.20. The van der Waals surface area contributed by atoms with Crippen LogP contribution < -0.4 is 5.56 Å². The first-order valence-electron chi connectivity index (χ1n) is 6.43. The first-order valence-corrected chi connectivity index (χ1v) is 6.84. The number of aromatic nitrogens is 2. The zero-order valence-corrected chi connectivity index (χ0v) is 12.1. The fourth-order valence-electron chi connectivity index (χ4n) is 2.24. The number of para-hydroxylation sites is 1. The second-order valence-corrected chi connectivity index (χ2v) is 5.11. The van der Waals surface area contributed by atoms with Crippen molar-refractivity contribution in [1.82, 2.24) is 9.55 Å². The van der Waals surface area contributed by atoms with E-state index in [4.69, 9.17) is 12.2 Å². The number of benzene rings is 2. The second kappa shape index (κ2) is 5.10. The summed E-state index contributed by atoms with van der Waals surface area (Å²) >= 11 is 5.27. The number of hydrogen-bond donors (Lipinski definition) is 1. The zero-order chi connectivity index (χ0) is 15.0. The van der Waals surface area contributed by atoms with E-state index in [2.05, 4.69) is 4.98 Å². The number of rotatable bonds is 2. The molecule has 0 saturated carbocycles. The average molecular weight is 296 g/mol. The molecule has 4 nitrogen and oxygen atoms in total. The van der Waals surface area contributed by atoms with Gasteiger partial charge < -0.3 is 4.98 Å². The monoisotopic (exact) mass is 296 g/mol. The van der Waals surface area contributed by atoms with E-state index < -0.39 is 0 Å². The maximum Gasteiger partial charge on any atom is 0.266 e. The number of carbonyl (C=O) groups is 1. The molecule has 0 fully saturated rings. The standard InChI is InChI=1S/C16H12N2O2S/c1-10(19)11-6-8-12(9-7-11)18-15(20)13-4-2-3-5-14(13)17-16(18)21/h2-9H,1H3,(H,17,21). The van der Waals surface area contributed by atoms with Crippen LogP contribution in [0.4, 0.5) is 0 Å². The third kappa shape index (κ3) is 2.32. The summed E-state index contributed by atoms with van der Waals surface area (Å²) in [6, 6.07) is 14.0. The summed E-state index contributed by atoms with van der Waals surface area (Å²) in [7, 11) is 0. The van der Waals surface area contributed by atoms with Crippen molar-refractivity contribution >= 4 is 28.9 Å². The smallest absolute Gasteiger partial charge is 0.266 e. The highest BCUT2D eigenvalue weighted by Crippen LogP contribution is 2.12. The molecular formula is C16H12N2O2S. The number of ketones is 1. The molecule has 0 saturated heterocycles. The predicted octanol–water partition coefficient (Wildman–Crippen LogP) is 3.25. The third-order valence-electron chi connectivity index (χ3n) is 3.34. The molecule has 1 aromatic heterocycles. The normalized spacial score (nSPS) is 10.7. The lowest BCUT2D eigenvalue weighted by Gasteiger charge is -2.08. The van der Waals surface area contributed by atoms with Gasteiger partial charge in [-0.2, -0.15) is 0 Å². The average Bonchev–Trinajstić information content (AvgIpc) is 2.48. The predicted molar refractivity (Wildman–Crippen MR) is 84.7 cm³/mol. The molecule has 5 heteroatoms. The van der Waals surface area contributed by atoms with Crippen molar-refractivity contribution in [3.05, 3.63) is 69.2 Å². The molecule has 0 bridgehead atoms. The van der Waals surface area contributed by atoms with Gasteiger partial charge in [0, 0.05) is 5.56 Å². The van der Waals surface area contributed by atoms with Gasteiger partial charge in [-0.05, 0) is 55.5 Å². The van der Waals surface area contributed by atoms with Crippen LogP contribution >= 0.6 is 12.2 Å². The molecule has 1 N–H and O–H groups in total. The second-order valence-electron chi connectivity index (χ2n) is 4.72. The minimum atomic E-state index is -0.176. The largest absolute Gasteiger partial charge is 0.331 e. The van der Waals surface area contributed by atoms with Gasteiger partial charge in [0.05, 0.1) is 16.6 Å². The molecule has 1 heterocycles. The number of H-pyrrole nitrogens is 1. The van der Waals surface area contributed by atoms with Crippen molar-refractivity contribution in [2.45, 2.75) is 6.92 Å². The zero-order valence-electron chi connectivity index (χ0n) is 11.3. The maximum absolute atomic E-state index is 12.6. The SMILES string of the molecule is CC(=O)c1ccc(-n2c(=S)[nH]c3ccccc3c2=O)cc1. The lowest BCUT2D eigenvalue weighted by molar-refractivity contribution is 0.101. The van der Waals surface area contributed by atoms with Gasteiger partial charge in [-0.1, -0.05) is 12.1 Å². The molecule has 21 heavy (non-hydrogen) atoms. The summed E-state index contributed by atoms with van der Waals surface area (Å²) in [5.74, 6) is -0.0161. The molecule has 3 aromatic rings. The Hall–Kier alpha value is -2.53. The number of Topliss-reactive ketones (excluding diaryl/α,β-unsaturated/α-hetero) is 1. The Morgan fingerprint density at radius 1 is 1.10 bits per heavy atom. The molecule has 0 aliphatic rings. The van der Waals surface area contributed by atoms with Crippen molar-refractivity contribution in [2.24, 2.45) is 0 Å². The van der Waals surface area contributed by atoms with Crippen molar-refractivity contribution in [3.8, 4) is 5.69 Å². The number of aromatic amines is 1. The molecule has 0 spiro atoms. The van der Waals surface area contributed by atoms with E-state index in [0.717, 1.165) is 0 Å². The van der Waals surface area contributed by atoms with Crippen LogP contribution in [0.1, 0.15) is 17.3 Å². The van der Waals surface area contributed by atoms with E-state index >= 15 is 0 Å². The van der Waals surface area contributed by atoms with E-state index in [0.29, 0.717) is 26.9 Å². The van der Waals surface area contributed by atoms with Crippen LogP contribution in [-0.2, 0) is 0 Å². The van der Waals surface area contributed by atoms with E-state index in [1.54, 1.807) is 30.3 Å². The Balaban J connectivity index is 2.27. The summed E-state index contributed by atoms with van der Waals surface area (Å²) in [5, 5.41) is 0.571. The molecule has 0 aliphatic heterocycles. The molecule has 2 aromatic carbocycles. The molecule has 0 atom stereocenters. The number of fused-ring (bicyclic) bond motifs is 1. The topological polar surface area (TPSA) is 54.9 Å². The van der Waals surface area contributed by atoms with Crippen LogP contribution in [0.5, 0.6) is 0 Å². The molecule has 0 amide bonds. The van der Waals surface area contributed by atoms with Gasteiger partial charge in [0.1, 0.15) is 0 Å². The Bertz CT molecular complexity index is 952. The fourth-order valence-corrected chi connectivity index (χ4v) is 2.54. The van der Waals surface area contributed by atoms with Crippen LogP contribution in [0.15, 0.2) is 53.3 Å². The van der Waals surface area contributed by atoms with Gasteiger partial charge in [-0.3, -0.25) is 14.2 Å². The lowest BCUT2D eigenvalue weighted by atomic mass is 10.1. The number of carbonyl (C=O) groups excluding carboxylic acids is 1. The van der Waals surface area contributed by atoms with E-state index in [9.17, 15) is 9.59 Å². The van der Waals surface area contributed by atoms with Gasteiger partial charge in [0.2, 0.25) is 0 Å². The summed E-state index contributed by atoms with van der Waals surface area (Å²) in [6.07, 6.45) is 0. The van der Waals surface area contributed by atoms with Gasteiger partial charge in [0.25, 0.3) is 5.56 Å². The Kier molecular flexibility index (Phi) is 3.27. The summed E-state index contributed by atoms with van der Waals surface area (Å²) in [5.41, 5.74) is 1.77. The Labute approximate surface area is 125 Å².